The quantitative estimate of drug-likeness (QED) is 0.816. The average Bonchev–Trinajstić information content (AvgIpc) is 2.38. The lowest BCUT2D eigenvalue weighted by atomic mass is 9.65. The third-order valence-electron chi connectivity index (χ3n) is 6.17. The van der Waals surface area contributed by atoms with Gasteiger partial charge in [-0.2, -0.15) is 0 Å². The van der Waals surface area contributed by atoms with E-state index in [1.54, 1.807) is 0 Å². The molecule has 3 rings (SSSR count). The Balaban J connectivity index is 1.60. The molecule has 3 saturated carbocycles. The molecule has 1 amide bonds. The molecule has 114 valence electrons. The second-order valence-corrected chi connectivity index (χ2v) is 7.81. The highest BCUT2D eigenvalue weighted by Gasteiger charge is 2.41. The summed E-state index contributed by atoms with van der Waals surface area (Å²) >= 11 is 0. The molecule has 3 aliphatic rings. The van der Waals surface area contributed by atoms with Gasteiger partial charge in [0, 0.05) is 17.5 Å². The van der Waals surface area contributed by atoms with Crippen LogP contribution in [0.1, 0.15) is 71.1 Å². The molecule has 2 bridgehead atoms. The van der Waals surface area contributed by atoms with Crippen molar-refractivity contribution < 1.29 is 4.79 Å². The Morgan fingerprint density at radius 3 is 2.25 bits per heavy atom. The zero-order chi connectivity index (χ0) is 14.2. The van der Waals surface area contributed by atoms with Crippen molar-refractivity contribution in [2.75, 3.05) is 0 Å². The Bertz CT molecular complexity index is 348. The first kappa shape index (κ1) is 14.4. The standard InChI is InChI=1S/C17H30N2O/c1-17(8-3-2-4-9-17)19-16(20)14-10-12-6-5-7-13(11-14)15(12)18/h12-15H,2-11,18H2,1H3,(H,19,20). The molecular weight excluding hydrogens is 248 g/mol. The van der Waals surface area contributed by atoms with E-state index >= 15 is 0 Å². The van der Waals surface area contributed by atoms with Crippen molar-refractivity contribution in [3.63, 3.8) is 0 Å². The number of amides is 1. The Hall–Kier alpha value is -0.570. The monoisotopic (exact) mass is 278 g/mol. The molecule has 0 saturated heterocycles. The Morgan fingerprint density at radius 2 is 1.65 bits per heavy atom. The number of nitrogens with one attached hydrogen (secondary N) is 1. The van der Waals surface area contributed by atoms with Crippen LogP contribution < -0.4 is 11.1 Å². The van der Waals surface area contributed by atoms with Crippen molar-refractivity contribution in [3.05, 3.63) is 0 Å². The summed E-state index contributed by atoms with van der Waals surface area (Å²) in [5.41, 5.74) is 6.38. The highest BCUT2D eigenvalue weighted by molar-refractivity contribution is 5.79. The van der Waals surface area contributed by atoms with Crippen LogP contribution in [0.5, 0.6) is 0 Å². The number of rotatable bonds is 2. The van der Waals surface area contributed by atoms with Gasteiger partial charge >= 0.3 is 0 Å². The molecule has 3 N–H and O–H groups in total. The van der Waals surface area contributed by atoms with Gasteiger partial charge in [-0.05, 0) is 57.3 Å². The van der Waals surface area contributed by atoms with Gasteiger partial charge in [0.15, 0.2) is 0 Å². The van der Waals surface area contributed by atoms with Crippen LogP contribution in [-0.4, -0.2) is 17.5 Å². The van der Waals surface area contributed by atoms with Crippen LogP contribution in [0.15, 0.2) is 0 Å². The summed E-state index contributed by atoms with van der Waals surface area (Å²) in [5, 5.41) is 3.39. The van der Waals surface area contributed by atoms with Crippen LogP contribution in [0, 0.1) is 17.8 Å². The molecule has 0 radical (unpaired) electrons. The maximum Gasteiger partial charge on any atom is 0.223 e. The van der Waals surface area contributed by atoms with Crippen LogP contribution in [-0.2, 0) is 4.79 Å². The van der Waals surface area contributed by atoms with Crippen LogP contribution in [0.2, 0.25) is 0 Å². The summed E-state index contributed by atoms with van der Waals surface area (Å²) in [6, 6.07) is 0.359. The zero-order valence-corrected chi connectivity index (χ0v) is 12.9. The molecule has 0 aliphatic heterocycles. The summed E-state index contributed by atoms with van der Waals surface area (Å²) in [7, 11) is 0. The molecule has 0 aromatic carbocycles. The molecule has 0 spiro atoms. The van der Waals surface area contributed by atoms with E-state index in [-0.39, 0.29) is 11.5 Å². The normalized spacial score (nSPS) is 40.1. The minimum absolute atomic E-state index is 0.0595. The smallest absolute Gasteiger partial charge is 0.223 e. The van der Waals surface area contributed by atoms with E-state index in [1.807, 2.05) is 0 Å². The second-order valence-electron chi connectivity index (χ2n) is 7.81. The molecule has 2 unspecified atom stereocenters. The summed E-state index contributed by atoms with van der Waals surface area (Å²) < 4.78 is 0. The predicted octanol–water partition coefficient (Wildman–Crippen LogP) is 2.98. The molecule has 3 nitrogen and oxygen atoms in total. The summed E-state index contributed by atoms with van der Waals surface area (Å²) in [6.07, 6.45) is 12.0. The van der Waals surface area contributed by atoms with Gasteiger partial charge in [-0.3, -0.25) is 4.79 Å². The molecule has 0 aromatic heterocycles. The van der Waals surface area contributed by atoms with Gasteiger partial charge in [-0.1, -0.05) is 25.7 Å². The maximum absolute atomic E-state index is 12.7. The SMILES string of the molecule is CC1(NC(=O)C2CC3CCCC(C2)C3N)CCCCC1. The maximum atomic E-state index is 12.7. The van der Waals surface area contributed by atoms with Gasteiger partial charge in [0.1, 0.15) is 0 Å². The van der Waals surface area contributed by atoms with E-state index < -0.39 is 0 Å². The zero-order valence-electron chi connectivity index (χ0n) is 12.9. The lowest BCUT2D eigenvalue weighted by Crippen LogP contribution is -2.53. The lowest BCUT2D eigenvalue weighted by molar-refractivity contribution is -0.130. The highest BCUT2D eigenvalue weighted by atomic mass is 16.2. The minimum Gasteiger partial charge on any atom is -0.351 e. The van der Waals surface area contributed by atoms with Crippen molar-refractivity contribution in [2.24, 2.45) is 23.5 Å². The molecule has 3 fully saturated rings. The number of fused-ring (bicyclic) bond motifs is 2. The predicted molar refractivity (Wildman–Crippen MR) is 81.2 cm³/mol. The van der Waals surface area contributed by atoms with Crippen molar-refractivity contribution in [1.82, 2.24) is 5.32 Å². The van der Waals surface area contributed by atoms with Gasteiger partial charge < -0.3 is 11.1 Å². The van der Waals surface area contributed by atoms with E-state index in [0.29, 0.717) is 23.8 Å². The Labute approximate surface area is 123 Å². The Kier molecular flexibility index (Phi) is 4.07. The van der Waals surface area contributed by atoms with E-state index in [0.717, 1.165) is 25.7 Å². The van der Waals surface area contributed by atoms with E-state index in [4.69, 9.17) is 5.73 Å². The largest absolute Gasteiger partial charge is 0.351 e. The van der Waals surface area contributed by atoms with Crippen molar-refractivity contribution in [2.45, 2.75) is 82.7 Å². The summed E-state index contributed by atoms with van der Waals surface area (Å²) in [4.78, 5) is 12.7. The van der Waals surface area contributed by atoms with Gasteiger partial charge in [-0.25, -0.2) is 0 Å². The third kappa shape index (κ3) is 2.88. The highest BCUT2D eigenvalue weighted by Crippen LogP contribution is 2.42. The first-order chi connectivity index (χ1) is 9.57. The molecule has 2 atom stereocenters. The number of nitrogens with two attached hydrogens (primary N) is 1. The lowest BCUT2D eigenvalue weighted by Gasteiger charge is -2.44. The molecule has 0 aromatic rings. The van der Waals surface area contributed by atoms with Gasteiger partial charge in [0.05, 0.1) is 0 Å². The Morgan fingerprint density at radius 1 is 1.05 bits per heavy atom. The fraction of sp³-hybridized carbons (Fsp3) is 0.941. The average molecular weight is 278 g/mol. The number of hydrogen-bond acceptors (Lipinski definition) is 2. The van der Waals surface area contributed by atoms with E-state index in [1.165, 1.54) is 38.5 Å². The third-order valence-corrected chi connectivity index (χ3v) is 6.17. The van der Waals surface area contributed by atoms with Crippen molar-refractivity contribution in [1.29, 1.82) is 0 Å². The molecule has 20 heavy (non-hydrogen) atoms. The minimum atomic E-state index is 0.0595. The number of hydrogen-bond donors (Lipinski definition) is 2. The summed E-state index contributed by atoms with van der Waals surface area (Å²) in [6.45, 7) is 2.24. The molecular formula is C17H30N2O. The number of carbonyl (C=O) groups is 1. The fourth-order valence-corrected chi connectivity index (χ4v) is 4.86. The van der Waals surface area contributed by atoms with Gasteiger partial charge in [0.2, 0.25) is 5.91 Å². The first-order valence-electron chi connectivity index (χ1n) is 8.65. The van der Waals surface area contributed by atoms with E-state index in [9.17, 15) is 4.79 Å². The van der Waals surface area contributed by atoms with Crippen LogP contribution >= 0.6 is 0 Å². The molecule has 0 heterocycles. The summed E-state index contributed by atoms with van der Waals surface area (Å²) in [5.74, 6) is 1.73. The van der Waals surface area contributed by atoms with Crippen LogP contribution in [0.3, 0.4) is 0 Å². The topological polar surface area (TPSA) is 55.1 Å². The van der Waals surface area contributed by atoms with E-state index in [2.05, 4.69) is 12.2 Å². The van der Waals surface area contributed by atoms with Crippen LogP contribution in [0.25, 0.3) is 0 Å². The van der Waals surface area contributed by atoms with Gasteiger partial charge in [0.25, 0.3) is 0 Å². The van der Waals surface area contributed by atoms with Crippen molar-refractivity contribution >= 4 is 5.91 Å². The first-order valence-corrected chi connectivity index (χ1v) is 8.65. The van der Waals surface area contributed by atoms with Gasteiger partial charge in [-0.15, -0.1) is 0 Å². The van der Waals surface area contributed by atoms with Crippen molar-refractivity contribution in [3.8, 4) is 0 Å². The molecule has 3 heteroatoms. The number of carbonyl (C=O) groups excluding carboxylic acids is 1. The van der Waals surface area contributed by atoms with Crippen LogP contribution in [0.4, 0.5) is 0 Å². The molecule has 3 aliphatic carbocycles. The fourth-order valence-electron chi connectivity index (χ4n) is 4.86. The second kappa shape index (κ2) is 5.67.